The average Bonchev–Trinajstić information content (AvgIpc) is 2.61. The Morgan fingerprint density at radius 3 is 2.13 bits per heavy atom. The summed E-state index contributed by atoms with van der Waals surface area (Å²) in [5, 5.41) is 0. The van der Waals surface area contributed by atoms with Gasteiger partial charge in [-0.3, -0.25) is 4.90 Å². The van der Waals surface area contributed by atoms with E-state index in [1.165, 1.54) is 12.8 Å². The van der Waals surface area contributed by atoms with Gasteiger partial charge in [-0.25, -0.2) is 0 Å². The van der Waals surface area contributed by atoms with Crippen molar-refractivity contribution in [2.75, 3.05) is 19.6 Å². The first kappa shape index (κ1) is 11.4. The van der Waals surface area contributed by atoms with Gasteiger partial charge in [0.1, 0.15) is 0 Å². The molecule has 0 aromatic rings. The van der Waals surface area contributed by atoms with Crippen LogP contribution in [0.25, 0.3) is 0 Å². The van der Waals surface area contributed by atoms with Crippen LogP contribution in [0.1, 0.15) is 39.5 Å². The predicted octanol–water partition coefficient (Wildman–Crippen LogP) is 1.37. The molecule has 0 aliphatic carbocycles. The molecule has 2 heterocycles. The summed E-state index contributed by atoms with van der Waals surface area (Å²) < 4.78 is 5.87. The average molecular weight is 212 g/mol. The normalized spacial score (nSPS) is 32.2. The smallest absolute Gasteiger partial charge is 0.0707 e. The topological polar surface area (TPSA) is 38.5 Å². The van der Waals surface area contributed by atoms with Gasteiger partial charge in [0.05, 0.1) is 12.2 Å². The molecule has 0 saturated carbocycles. The van der Waals surface area contributed by atoms with Crippen LogP contribution >= 0.6 is 0 Å². The van der Waals surface area contributed by atoms with Crippen molar-refractivity contribution in [2.45, 2.75) is 57.3 Å². The molecule has 15 heavy (non-hydrogen) atoms. The zero-order valence-corrected chi connectivity index (χ0v) is 10.0. The van der Waals surface area contributed by atoms with E-state index in [9.17, 15) is 0 Å². The maximum Gasteiger partial charge on any atom is 0.0707 e. The summed E-state index contributed by atoms with van der Waals surface area (Å²) in [7, 11) is 0. The van der Waals surface area contributed by atoms with Gasteiger partial charge in [-0.2, -0.15) is 0 Å². The van der Waals surface area contributed by atoms with Crippen LogP contribution in [0.3, 0.4) is 0 Å². The molecule has 2 fully saturated rings. The number of morpholine rings is 1. The molecule has 0 aromatic carbocycles. The van der Waals surface area contributed by atoms with E-state index in [2.05, 4.69) is 18.7 Å². The second kappa shape index (κ2) is 4.40. The Kier molecular flexibility index (Phi) is 3.33. The number of hydrogen-bond donors (Lipinski definition) is 1. The fraction of sp³-hybridized carbons (Fsp3) is 1.00. The number of fused-ring (bicyclic) bond motifs is 2. The Morgan fingerprint density at radius 1 is 1.20 bits per heavy atom. The molecule has 2 unspecified atom stereocenters. The highest BCUT2D eigenvalue weighted by Crippen LogP contribution is 2.33. The highest BCUT2D eigenvalue weighted by molar-refractivity contribution is 4.96. The van der Waals surface area contributed by atoms with Gasteiger partial charge < -0.3 is 10.5 Å². The van der Waals surface area contributed by atoms with Crippen LogP contribution in [0.4, 0.5) is 0 Å². The standard InChI is InChI=1S/C12H24N2O/c1-3-12(4-2,9-13)14-7-10-5-6-11(8-14)15-10/h10-11H,3-9,13H2,1-2H3. The van der Waals surface area contributed by atoms with Crippen LogP contribution in [0.5, 0.6) is 0 Å². The van der Waals surface area contributed by atoms with E-state index in [4.69, 9.17) is 10.5 Å². The van der Waals surface area contributed by atoms with Gasteiger partial charge in [0.2, 0.25) is 0 Å². The molecule has 2 aliphatic rings. The zero-order valence-electron chi connectivity index (χ0n) is 10.0. The second-order valence-corrected chi connectivity index (χ2v) is 5.00. The lowest BCUT2D eigenvalue weighted by molar-refractivity contribution is -0.0788. The maximum atomic E-state index is 5.99. The second-order valence-electron chi connectivity index (χ2n) is 5.00. The molecule has 0 radical (unpaired) electrons. The summed E-state index contributed by atoms with van der Waals surface area (Å²) in [6.07, 6.45) is 5.75. The van der Waals surface area contributed by atoms with Crippen LogP contribution in [0.15, 0.2) is 0 Å². The number of hydrogen-bond acceptors (Lipinski definition) is 3. The first-order valence-electron chi connectivity index (χ1n) is 6.34. The summed E-state index contributed by atoms with van der Waals surface area (Å²) in [5.74, 6) is 0. The van der Waals surface area contributed by atoms with E-state index in [0.29, 0.717) is 12.2 Å². The van der Waals surface area contributed by atoms with E-state index in [1.807, 2.05) is 0 Å². The Labute approximate surface area is 93.0 Å². The molecular weight excluding hydrogens is 188 g/mol. The van der Waals surface area contributed by atoms with Gasteiger partial charge in [-0.05, 0) is 25.7 Å². The number of likely N-dealkylation sites (tertiary alicyclic amines) is 1. The van der Waals surface area contributed by atoms with Crippen LogP contribution < -0.4 is 5.73 Å². The molecule has 2 bridgehead atoms. The summed E-state index contributed by atoms with van der Waals surface area (Å²) in [6.45, 7) is 7.48. The van der Waals surface area contributed by atoms with E-state index in [1.54, 1.807) is 0 Å². The van der Waals surface area contributed by atoms with Crippen molar-refractivity contribution in [3.63, 3.8) is 0 Å². The van der Waals surface area contributed by atoms with Crippen LogP contribution in [-0.4, -0.2) is 42.3 Å². The first-order chi connectivity index (χ1) is 7.24. The highest BCUT2D eigenvalue weighted by atomic mass is 16.5. The number of ether oxygens (including phenoxy) is 1. The quantitative estimate of drug-likeness (QED) is 0.765. The fourth-order valence-corrected chi connectivity index (χ4v) is 3.12. The summed E-state index contributed by atoms with van der Waals surface area (Å²) in [4.78, 5) is 2.60. The molecule has 2 atom stereocenters. The minimum atomic E-state index is 0.227. The molecule has 3 nitrogen and oxygen atoms in total. The Bertz CT molecular complexity index is 195. The molecule has 2 rings (SSSR count). The molecule has 2 aliphatic heterocycles. The third-order valence-corrected chi connectivity index (χ3v) is 4.41. The largest absolute Gasteiger partial charge is 0.372 e. The van der Waals surface area contributed by atoms with Crippen molar-refractivity contribution < 1.29 is 4.74 Å². The summed E-state index contributed by atoms with van der Waals surface area (Å²) in [6, 6.07) is 0. The number of nitrogens with two attached hydrogens (primary N) is 1. The Morgan fingerprint density at radius 2 is 1.73 bits per heavy atom. The lowest BCUT2D eigenvalue weighted by Crippen LogP contribution is -2.59. The van der Waals surface area contributed by atoms with Gasteiger partial charge in [0, 0.05) is 25.2 Å². The van der Waals surface area contributed by atoms with Crippen LogP contribution in [0.2, 0.25) is 0 Å². The van der Waals surface area contributed by atoms with Crippen molar-refractivity contribution in [3.05, 3.63) is 0 Å². The van der Waals surface area contributed by atoms with Gasteiger partial charge >= 0.3 is 0 Å². The Balaban J connectivity index is 2.08. The predicted molar refractivity (Wildman–Crippen MR) is 61.8 cm³/mol. The van der Waals surface area contributed by atoms with Crippen LogP contribution in [0, 0.1) is 0 Å². The summed E-state index contributed by atoms with van der Waals surface area (Å²) >= 11 is 0. The fourth-order valence-electron chi connectivity index (χ4n) is 3.12. The van der Waals surface area contributed by atoms with E-state index in [0.717, 1.165) is 32.5 Å². The molecule has 0 amide bonds. The highest BCUT2D eigenvalue weighted by Gasteiger charge is 2.41. The minimum Gasteiger partial charge on any atom is -0.372 e. The zero-order chi connectivity index (χ0) is 10.9. The van der Waals surface area contributed by atoms with Crippen molar-refractivity contribution in [1.29, 1.82) is 0 Å². The number of nitrogens with zero attached hydrogens (tertiary/aromatic N) is 1. The van der Waals surface area contributed by atoms with Gasteiger partial charge in [-0.15, -0.1) is 0 Å². The van der Waals surface area contributed by atoms with Crippen molar-refractivity contribution >= 4 is 0 Å². The molecule has 3 heteroatoms. The van der Waals surface area contributed by atoms with Gasteiger partial charge in [0.25, 0.3) is 0 Å². The van der Waals surface area contributed by atoms with Gasteiger partial charge in [-0.1, -0.05) is 13.8 Å². The van der Waals surface area contributed by atoms with Gasteiger partial charge in [0.15, 0.2) is 0 Å². The Hall–Kier alpha value is -0.120. The molecule has 2 saturated heterocycles. The van der Waals surface area contributed by atoms with E-state index < -0.39 is 0 Å². The molecular formula is C12H24N2O. The number of rotatable bonds is 4. The third kappa shape index (κ3) is 1.93. The lowest BCUT2D eigenvalue weighted by atomic mass is 9.90. The third-order valence-electron chi connectivity index (χ3n) is 4.41. The van der Waals surface area contributed by atoms with E-state index >= 15 is 0 Å². The van der Waals surface area contributed by atoms with E-state index in [-0.39, 0.29) is 5.54 Å². The van der Waals surface area contributed by atoms with Crippen molar-refractivity contribution in [1.82, 2.24) is 4.90 Å². The lowest BCUT2D eigenvalue weighted by Gasteiger charge is -2.46. The molecule has 2 N–H and O–H groups in total. The summed E-state index contributed by atoms with van der Waals surface area (Å²) in [5.41, 5.74) is 6.22. The van der Waals surface area contributed by atoms with Crippen molar-refractivity contribution in [2.24, 2.45) is 5.73 Å². The minimum absolute atomic E-state index is 0.227. The van der Waals surface area contributed by atoms with Crippen molar-refractivity contribution in [3.8, 4) is 0 Å². The maximum absolute atomic E-state index is 5.99. The molecule has 0 spiro atoms. The first-order valence-corrected chi connectivity index (χ1v) is 6.34. The monoisotopic (exact) mass is 212 g/mol. The SMILES string of the molecule is CCC(CC)(CN)N1CC2CCC(C1)O2. The van der Waals surface area contributed by atoms with Crippen LogP contribution in [-0.2, 0) is 4.74 Å². The molecule has 88 valence electrons. The molecule has 0 aromatic heterocycles.